The van der Waals surface area contributed by atoms with E-state index in [1.807, 2.05) is 6.07 Å². The van der Waals surface area contributed by atoms with Gasteiger partial charge in [-0.25, -0.2) is 0 Å². The highest BCUT2D eigenvalue weighted by molar-refractivity contribution is 9.10. The van der Waals surface area contributed by atoms with E-state index in [2.05, 4.69) is 15.9 Å². The molecule has 0 saturated carbocycles. The molecule has 110 valence electrons. The van der Waals surface area contributed by atoms with E-state index < -0.39 is 0 Å². The zero-order valence-corrected chi connectivity index (χ0v) is 14.2. The Morgan fingerprint density at radius 3 is 2.76 bits per heavy atom. The Bertz CT molecular complexity index is 682. The Labute approximate surface area is 141 Å². The molecule has 3 nitrogen and oxygen atoms in total. The molecule has 0 unspecified atom stereocenters. The van der Waals surface area contributed by atoms with Crippen molar-refractivity contribution in [2.75, 3.05) is 7.05 Å². The quantitative estimate of drug-likeness (QED) is 0.689. The van der Waals surface area contributed by atoms with Gasteiger partial charge in [-0.3, -0.25) is 4.79 Å². The van der Waals surface area contributed by atoms with Crippen LogP contribution in [0.3, 0.4) is 0 Å². The van der Waals surface area contributed by atoms with E-state index in [0.717, 1.165) is 5.56 Å². The number of rotatable bonds is 4. The van der Waals surface area contributed by atoms with Gasteiger partial charge in [0.25, 0.3) is 0 Å². The van der Waals surface area contributed by atoms with Gasteiger partial charge in [0.1, 0.15) is 5.76 Å². The van der Waals surface area contributed by atoms with Crippen LogP contribution in [0.4, 0.5) is 0 Å². The highest BCUT2D eigenvalue weighted by Gasteiger charge is 2.10. The molecule has 0 bridgehead atoms. The van der Waals surface area contributed by atoms with Crippen molar-refractivity contribution in [2.45, 2.75) is 6.54 Å². The monoisotopic (exact) mass is 387 g/mol. The van der Waals surface area contributed by atoms with Crippen LogP contribution in [-0.4, -0.2) is 17.9 Å². The van der Waals surface area contributed by atoms with Gasteiger partial charge in [0.2, 0.25) is 5.91 Å². The van der Waals surface area contributed by atoms with Crippen molar-refractivity contribution in [3.8, 4) is 0 Å². The summed E-state index contributed by atoms with van der Waals surface area (Å²) < 4.78 is 5.91. The SMILES string of the molecule is CN(Cc1cccc(Cl)c1Cl)C(=O)/C=C/c1ccc(Br)o1. The molecule has 1 amide bonds. The number of carbonyl (C=O) groups is 1. The summed E-state index contributed by atoms with van der Waals surface area (Å²) >= 11 is 15.3. The van der Waals surface area contributed by atoms with Crippen LogP contribution in [-0.2, 0) is 11.3 Å². The summed E-state index contributed by atoms with van der Waals surface area (Å²) in [6, 6.07) is 8.88. The Balaban J connectivity index is 2.02. The molecule has 0 aliphatic heterocycles. The maximum atomic E-state index is 12.0. The molecular weight excluding hydrogens is 377 g/mol. The molecule has 2 aromatic rings. The third kappa shape index (κ3) is 4.37. The zero-order valence-electron chi connectivity index (χ0n) is 11.1. The first-order valence-corrected chi connectivity index (χ1v) is 7.63. The van der Waals surface area contributed by atoms with Crippen LogP contribution >= 0.6 is 39.1 Å². The van der Waals surface area contributed by atoms with Crippen LogP contribution in [0.5, 0.6) is 0 Å². The number of likely N-dealkylation sites (N-methyl/N-ethyl adjacent to an activating group) is 1. The van der Waals surface area contributed by atoms with Gasteiger partial charge in [0, 0.05) is 19.7 Å². The molecule has 0 saturated heterocycles. The van der Waals surface area contributed by atoms with E-state index in [1.165, 1.54) is 6.08 Å². The standard InChI is InChI=1S/C15H12BrCl2NO2/c1-19(9-10-3-2-4-12(17)15(10)18)14(20)8-6-11-5-7-13(16)21-11/h2-8H,9H2,1H3/b8-6+. The number of halogens is 3. The fourth-order valence-corrected chi connectivity index (χ4v) is 2.40. The van der Waals surface area contributed by atoms with Gasteiger partial charge in [-0.2, -0.15) is 0 Å². The maximum Gasteiger partial charge on any atom is 0.246 e. The van der Waals surface area contributed by atoms with Crippen LogP contribution in [0.15, 0.2) is 45.5 Å². The third-order valence-electron chi connectivity index (χ3n) is 2.80. The number of benzene rings is 1. The molecule has 0 radical (unpaired) electrons. The predicted octanol–water partition coefficient (Wildman–Crippen LogP) is 5.02. The number of nitrogens with zero attached hydrogens (tertiary/aromatic N) is 1. The Hall–Kier alpha value is -1.23. The van der Waals surface area contributed by atoms with Crippen molar-refractivity contribution < 1.29 is 9.21 Å². The van der Waals surface area contributed by atoms with Crippen molar-refractivity contribution in [3.63, 3.8) is 0 Å². The lowest BCUT2D eigenvalue weighted by atomic mass is 10.2. The molecule has 0 spiro atoms. The van der Waals surface area contributed by atoms with Crippen LogP contribution in [0.1, 0.15) is 11.3 Å². The van der Waals surface area contributed by atoms with Crippen molar-refractivity contribution >= 4 is 51.1 Å². The molecule has 0 fully saturated rings. The summed E-state index contributed by atoms with van der Waals surface area (Å²) in [5.74, 6) is 0.447. The van der Waals surface area contributed by atoms with Crippen LogP contribution < -0.4 is 0 Å². The van der Waals surface area contributed by atoms with E-state index in [0.29, 0.717) is 27.0 Å². The van der Waals surface area contributed by atoms with Crippen molar-refractivity contribution in [2.24, 2.45) is 0 Å². The first kappa shape index (κ1) is 16.1. The lowest BCUT2D eigenvalue weighted by Gasteiger charge is -2.16. The minimum absolute atomic E-state index is 0.154. The van der Waals surface area contributed by atoms with Gasteiger partial charge in [-0.1, -0.05) is 35.3 Å². The third-order valence-corrected chi connectivity index (χ3v) is 4.08. The second-order valence-corrected chi connectivity index (χ2v) is 5.95. The molecule has 2 rings (SSSR count). The largest absolute Gasteiger partial charge is 0.450 e. The first-order valence-electron chi connectivity index (χ1n) is 6.09. The van der Waals surface area contributed by atoms with E-state index in [-0.39, 0.29) is 5.91 Å². The topological polar surface area (TPSA) is 33.5 Å². The van der Waals surface area contributed by atoms with Gasteiger partial charge < -0.3 is 9.32 Å². The van der Waals surface area contributed by atoms with Gasteiger partial charge in [-0.05, 0) is 45.8 Å². The highest BCUT2D eigenvalue weighted by atomic mass is 79.9. The summed E-state index contributed by atoms with van der Waals surface area (Å²) in [7, 11) is 1.70. The molecular formula is C15H12BrCl2NO2. The fraction of sp³-hybridized carbons (Fsp3) is 0.133. The average molecular weight is 389 g/mol. The lowest BCUT2D eigenvalue weighted by molar-refractivity contribution is -0.125. The summed E-state index contributed by atoms with van der Waals surface area (Å²) in [5.41, 5.74) is 0.800. The second-order valence-electron chi connectivity index (χ2n) is 4.38. The Kier molecular flexibility index (Phi) is 5.51. The number of carbonyl (C=O) groups excluding carboxylic acids is 1. The number of hydrogen-bond acceptors (Lipinski definition) is 2. The Morgan fingerprint density at radius 2 is 2.10 bits per heavy atom. The Morgan fingerprint density at radius 1 is 1.33 bits per heavy atom. The molecule has 0 aliphatic rings. The minimum atomic E-state index is -0.154. The maximum absolute atomic E-state index is 12.0. The van der Waals surface area contributed by atoms with Crippen molar-refractivity contribution in [1.29, 1.82) is 0 Å². The summed E-state index contributed by atoms with van der Waals surface area (Å²) in [6.45, 7) is 0.379. The molecule has 1 aromatic heterocycles. The van der Waals surface area contributed by atoms with Crippen molar-refractivity contribution in [1.82, 2.24) is 4.90 Å². The molecule has 0 N–H and O–H groups in total. The van der Waals surface area contributed by atoms with Crippen LogP contribution in [0.25, 0.3) is 6.08 Å². The van der Waals surface area contributed by atoms with Gasteiger partial charge in [0.15, 0.2) is 4.67 Å². The summed E-state index contributed by atoms with van der Waals surface area (Å²) in [5, 5.41) is 0.948. The summed E-state index contributed by atoms with van der Waals surface area (Å²) in [6.07, 6.45) is 3.06. The molecule has 0 aliphatic carbocycles. The minimum Gasteiger partial charge on any atom is -0.450 e. The first-order chi connectivity index (χ1) is 9.97. The number of amides is 1. The van der Waals surface area contributed by atoms with Gasteiger partial charge in [-0.15, -0.1) is 0 Å². The normalized spacial score (nSPS) is 11.0. The predicted molar refractivity (Wildman–Crippen MR) is 88.4 cm³/mol. The zero-order chi connectivity index (χ0) is 15.4. The van der Waals surface area contributed by atoms with E-state index in [1.54, 1.807) is 42.3 Å². The van der Waals surface area contributed by atoms with Crippen LogP contribution in [0, 0.1) is 0 Å². The van der Waals surface area contributed by atoms with E-state index in [4.69, 9.17) is 27.6 Å². The highest BCUT2D eigenvalue weighted by Crippen LogP contribution is 2.26. The fourth-order valence-electron chi connectivity index (χ4n) is 1.70. The van der Waals surface area contributed by atoms with Crippen LogP contribution in [0.2, 0.25) is 10.0 Å². The number of furan rings is 1. The molecule has 6 heteroatoms. The van der Waals surface area contributed by atoms with E-state index in [9.17, 15) is 4.79 Å². The second kappa shape index (κ2) is 7.16. The smallest absolute Gasteiger partial charge is 0.246 e. The molecule has 21 heavy (non-hydrogen) atoms. The summed E-state index contributed by atoms with van der Waals surface area (Å²) in [4.78, 5) is 13.6. The van der Waals surface area contributed by atoms with E-state index >= 15 is 0 Å². The molecule has 0 atom stereocenters. The van der Waals surface area contributed by atoms with Gasteiger partial charge in [0.05, 0.1) is 10.0 Å². The lowest BCUT2D eigenvalue weighted by Crippen LogP contribution is -2.24. The van der Waals surface area contributed by atoms with Gasteiger partial charge >= 0.3 is 0 Å². The molecule has 1 aromatic carbocycles. The van der Waals surface area contributed by atoms with Crippen molar-refractivity contribution in [3.05, 3.63) is 62.4 Å². The average Bonchev–Trinajstić information content (AvgIpc) is 2.87. The molecule has 1 heterocycles. The number of hydrogen-bond donors (Lipinski definition) is 0.